The first kappa shape index (κ1) is 18.3. The van der Waals surface area contributed by atoms with Crippen molar-refractivity contribution in [2.45, 2.75) is 65.1 Å². The second-order valence-electron chi connectivity index (χ2n) is 8.56. The molecular formula is C20H31N3O2. The predicted octanol–water partition coefficient (Wildman–Crippen LogP) is 2.36. The number of pyridine rings is 1. The number of nitrogens with zero attached hydrogens (tertiary/aromatic N) is 3. The number of amides is 1. The molecule has 0 saturated carbocycles. The monoisotopic (exact) mass is 345 g/mol. The number of hydrogen-bond donors (Lipinski definition) is 1. The lowest BCUT2D eigenvalue weighted by Gasteiger charge is -2.55. The van der Waals surface area contributed by atoms with Crippen molar-refractivity contribution in [3.05, 3.63) is 29.6 Å². The Hall–Kier alpha value is -1.46. The smallest absolute Gasteiger partial charge is 0.219 e. The Morgan fingerprint density at radius 3 is 2.64 bits per heavy atom. The van der Waals surface area contributed by atoms with Crippen LogP contribution in [0.1, 0.15) is 51.2 Å². The van der Waals surface area contributed by atoms with Crippen LogP contribution in [0.15, 0.2) is 18.5 Å². The van der Waals surface area contributed by atoms with Gasteiger partial charge in [-0.2, -0.15) is 0 Å². The quantitative estimate of drug-likeness (QED) is 0.894. The fraction of sp³-hybridized carbons (Fsp3) is 0.700. The number of aryl methyl sites for hydroxylation is 1. The Morgan fingerprint density at radius 1 is 1.36 bits per heavy atom. The lowest BCUT2D eigenvalue weighted by molar-refractivity contribution is -0.157. The molecule has 5 nitrogen and oxygen atoms in total. The summed E-state index contributed by atoms with van der Waals surface area (Å²) in [6.45, 7) is 11.4. The molecule has 1 atom stereocenters. The third kappa shape index (κ3) is 3.58. The van der Waals surface area contributed by atoms with Gasteiger partial charge in [0.25, 0.3) is 0 Å². The van der Waals surface area contributed by atoms with Crippen molar-refractivity contribution in [2.24, 2.45) is 5.41 Å². The van der Waals surface area contributed by atoms with E-state index in [0.29, 0.717) is 0 Å². The molecule has 0 radical (unpaired) electrons. The third-order valence-corrected chi connectivity index (χ3v) is 6.46. The van der Waals surface area contributed by atoms with E-state index < -0.39 is 11.6 Å². The molecule has 1 amide bonds. The Labute approximate surface area is 151 Å². The molecule has 0 unspecified atom stereocenters. The van der Waals surface area contributed by atoms with E-state index in [-0.39, 0.29) is 11.3 Å². The van der Waals surface area contributed by atoms with Crippen LogP contribution in [0.5, 0.6) is 0 Å². The van der Waals surface area contributed by atoms with Crippen LogP contribution < -0.4 is 0 Å². The summed E-state index contributed by atoms with van der Waals surface area (Å²) in [7, 11) is 0. The summed E-state index contributed by atoms with van der Waals surface area (Å²) in [4.78, 5) is 20.7. The Bertz CT molecular complexity index is 636. The summed E-state index contributed by atoms with van der Waals surface area (Å²) in [6.07, 6.45) is 6.19. The van der Waals surface area contributed by atoms with Crippen molar-refractivity contribution in [3.63, 3.8) is 0 Å². The maximum Gasteiger partial charge on any atom is 0.219 e. The van der Waals surface area contributed by atoms with Crippen LogP contribution in [-0.4, -0.2) is 57.1 Å². The fourth-order valence-corrected chi connectivity index (χ4v) is 4.43. The van der Waals surface area contributed by atoms with Crippen molar-refractivity contribution in [1.29, 1.82) is 0 Å². The summed E-state index contributed by atoms with van der Waals surface area (Å²) < 4.78 is 0. The molecule has 1 N–H and O–H groups in total. The molecule has 25 heavy (non-hydrogen) atoms. The molecule has 2 fully saturated rings. The van der Waals surface area contributed by atoms with E-state index in [1.807, 2.05) is 31.1 Å². The van der Waals surface area contributed by atoms with Gasteiger partial charge in [-0.25, -0.2) is 0 Å². The van der Waals surface area contributed by atoms with Gasteiger partial charge < -0.3 is 10.0 Å². The largest absolute Gasteiger partial charge is 0.391 e. The van der Waals surface area contributed by atoms with Gasteiger partial charge in [-0.15, -0.1) is 0 Å². The summed E-state index contributed by atoms with van der Waals surface area (Å²) in [5.41, 5.74) is 2.16. The Kier molecular flexibility index (Phi) is 4.91. The first-order valence-electron chi connectivity index (χ1n) is 9.32. The van der Waals surface area contributed by atoms with Gasteiger partial charge in [0.2, 0.25) is 5.91 Å². The van der Waals surface area contributed by atoms with Crippen LogP contribution in [-0.2, 0) is 11.3 Å². The van der Waals surface area contributed by atoms with Crippen LogP contribution in [0, 0.1) is 12.3 Å². The van der Waals surface area contributed by atoms with Gasteiger partial charge in [-0.05, 0) is 75.7 Å². The number of carbonyl (C=O) groups is 1. The molecule has 3 rings (SSSR count). The number of aliphatic hydroxyl groups is 1. The fourth-order valence-electron chi connectivity index (χ4n) is 4.43. The Balaban J connectivity index is 1.67. The van der Waals surface area contributed by atoms with Crippen LogP contribution in [0.2, 0.25) is 0 Å². The van der Waals surface area contributed by atoms with Gasteiger partial charge in [-0.3, -0.25) is 14.7 Å². The van der Waals surface area contributed by atoms with E-state index in [4.69, 9.17) is 0 Å². The molecule has 1 spiro atoms. The zero-order chi connectivity index (χ0) is 18.2. The maximum atomic E-state index is 12.1. The summed E-state index contributed by atoms with van der Waals surface area (Å²) in [5.74, 6) is 0.0676. The highest BCUT2D eigenvalue weighted by molar-refractivity contribution is 5.74. The van der Waals surface area contributed by atoms with Crippen molar-refractivity contribution in [1.82, 2.24) is 14.8 Å². The molecule has 1 aromatic rings. The molecule has 0 bridgehead atoms. The standard InChI is InChI=1S/C20H31N3O2/c1-15-12-21-8-5-17(15)13-22-9-6-20(7-10-22)11-18(25)19(3,4)23(14-20)16(2)24/h5,8,12,18,25H,6-7,9-11,13-14H2,1-4H3/t18-/m0/s1. The number of aliphatic hydroxyl groups excluding tert-OH is 1. The number of hydrogen-bond acceptors (Lipinski definition) is 4. The van der Waals surface area contributed by atoms with Crippen LogP contribution in [0.3, 0.4) is 0 Å². The number of carbonyl (C=O) groups excluding carboxylic acids is 1. The molecule has 0 aliphatic carbocycles. The second kappa shape index (κ2) is 6.69. The average molecular weight is 345 g/mol. The lowest BCUT2D eigenvalue weighted by atomic mass is 9.67. The zero-order valence-electron chi connectivity index (χ0n) is 16.0. The first-order valence-corrected chi connectivity index (χ1v) is 9.32. The first-order chi connectivity index (χ1) is 11.7. The minimum absolute atomic E-state index is 0.0599. The normalized spacial score (nSPS) is 26.0. The van der Waals surface area contributed by atoms with E-state index in [0.717, 1.165) is 45.4 Å². The summed E-state index contributed by atoms with van der Waals surface area (Å²) in [5, 5.41) is 10.7. The molecule has 2 saturated heterocycles. The van der Waals surface area contributed by atoms with Gasteiger partial charge in [-0.1, -0.05) is 0 Å². The van der Waals surface area contributed by atoms with Gasteiger partial charge in [0.15, 0.2) is 0 Å². The second-order valence-corrected chi connectivity index (χ2v) is 8.56. The van der Waals surface area contributed by atoms with Gasteiger partial charge in [0, 0.05) is 32.4 Å². The van der Waals surface area contributed by atoms with Crippen LogP contribution >= 0.6 is 0 Å². The highest BCUT2D eigenvalue weighted by Gasteiger charge is 2.50. The average Bonchev–Trinajstić information content (AvgIpc) is 2.55. The van der Waals surface area contributed by atoms with Gasteiger partial charge in [0.1, 0.15) is 0 Å². The van der Waals surface area contributed by atoms with E-state index in [1.165, 1.54) is 11.1 Å². The lowest BCUT2D eigenvalue weighted by Crippen LogP contribution is -2.64. The molecular weight excluding hydrogens is 314 g/mol. The molecule has 1 aromatic heterocycles. The Morgan fingerprint density at radius 2 is 2.04 bits per heavy atom. The van der Waals surface area contributed by atoms with Crippen molar-refractivity contribution in [3.8, 4) is 0 Å². The summed E-state index contributed by atoms with van der Waals surface area (Å²) in [6, 6.07) is 2.10. The molecule has 0 aromatic carbocycles. The van der Waals surface area contributed by atoms with E-state index >= 15 is 0 Å². The van der Waals surface area contributed by atoms with Crippen molar-refractivity contribution >= 4 is 5.91 Å². The van der Waals surface area contributed by atoms with Gasteiger partial charge in [0.05, 0.1) is 11.6 Å². The van der Waals surface area contributed by atoms with Crippen LogP contribution in [0.25, 0.3) is 0 Å². The number of aromatic nitrogens is 1. The van der Waals surface area contributed by atoms with E-state index in [1.54, 1.807) is 6.92 Å². The zero-order valence-corrected chi connectivity index (χ0v) is 16.0. The SMILES string of the molecule is CC(=O)N1CC2(CCN(Cc3ccncc3C)CC2)C[C@H](O)C1(C)C. The van der Waals surface area contributed by atoms with E-state index in [2.05, 4.69) is 22.9 Å². The molecule has 138 valence electrons. The number of likely N-dealkylation sites (tertiary alicyclic amines) is 2. The number of rotatable bonds is 2. The minimum Gasteiger partial charge on any atom is -0.391 e. The highest BCUT2D eigenvalue weighted by atomic mass is 16.3. The predicted molar refractivity (Wildman–Crippen MR) is 98.0 cm³/mol. The minimum atomic E-state index is -0.470. The van der Waals surface area contributed by atoms with Crippen molar-refractivity contribution in [2.75, 3.05) is 19.6 Å². The maximum absolute atomic E-state index is 12.1. The highest BCUT2D eigenvalue weighted by Crippen LogP contribution is 2.45. The number of piperidine rings is 2. The molecule has 2 aliphatic rings. The van der Waals surface area contributed by atoms with E-state index in [9.17, 15) is 9.90 Å². The van der Waals surface area contributed by atoms with Crippen molar-refractivity contribution < 1.29 is 9.90 Å². The topological polar surface area (TPSA) is 56.7 Å². The summed E-state index contributed by atoms with van der Waals surface area (Å²) >= 11 is 0. The van der Waals surface area contributed by atoms with Gasteiger partial charge >= 0.3 is 0 Å². The molecule has 5 heteroatoms. The third-order valence-electron chi connectivity index (χ3n) is 6.46. The molecule has 2 aliphatic heterocycles. The molecule has 3 heterocycles. The van der Waals surface area contributed by atoms with Crippen LogP contribution in [0.4, 0.5) is 0 Å².